The summed E-state index contributed by atoms with van der Waals surface area (Å²) >= 11 is 0. The molecule has 0 aliphatic carbocycles. The summed E-state index contributed by atoms with van der Waals surface area (Å²) in [6.07, 6.45) is 2.43. The molecule has 0 saturated heterocycles. The van der Waals surface area contributed by atoms with Gasteiger partial charge >= 0.3 is 0 Å². The molecule has 0 radical (unpaired) electrons. The van der Waals surface area contributed by atoms with Crippen LogP contribution in [0.3, 0.4) is 0 Å². The van der Waals surface area contributed by atoms with E-state index in [-0.39, 0.29) is 0 Å². The van der Waals surface area contributed by atoms with Gasteiger partial charge in [0.15, 0.2) is 0 Å². The van der Waals surface area contributed by atoms with Gasteiger partial charge < -0.3 is 0 Å². The number of aryl methyl sites for hydroxylation is 12. The maximum absolute atomic E-state index is 2.83. The number of fused-ring (bicyclic) bond motifs is 1. The molecule has 0 bridgehead atoms. The fourth-order valence-electron chi connectivity index (χ4n) is 9.76. The molecular formula is C50H52N2P2. The Morgan fingerprint density at radius 1 is 0.370 bits per heavy atom. The number of aromatic nitrogens is 2. The van der Waals surface area contributed by atoms with Gasteiger partial charge in [0.2, 0.25) is 0 Å². The lowest BCUT2D eigenvalue weighted by Gasteiger charge is -2.23. The Morgan fingerprint density at radius 3 is 0.944 bits per heavy atom. The predicted molar refractivity (Wildman–Crippen MR) is 238 cm³/mol. The van der Waals surface area contributed by atoms with Crippen LogP contribution in [0, 0.1) is 83.1 Å². The first-order valence-electron chi connectivity index (χ1n) is 19.2. The lowest BCUT2D eigenvalue weighted by Crippen LogP contribution is -2.02. The number of hydrogen-bond acceptors (Lipinski definition) is 0. The highest BCUT2D eigenvalue weighted by molar-refractivity contribution is 8.11. The zero-order valence-corrected chi connectivity index (χ0v) is 35.8. The monoisotopic (exact) mass is 742 g/mol. The molecule has 8 aromatic rings. The van der Waals surface area contributed by atoms with Crippen molar-refractivity contribution in [3.8, 4) is 55.9 Å². The minimum Gasteiger partial charge on any atom is -0.285 e. The Balaban J connectivity index is 1.48. The Labute approximate surface area is 324 Å². The molecule has 2 atom stereocenters. The highest BCUT2D eigenvalue weighted by atomic mass is 31.9. The average molecular weight is 743 g/mol. The molecule has 0 fully saturated rings. The number of rotatable bonds is 6. The van der Waals surface area contributed by atoms with E-state index in [2.05, 4.69) is 188 Å². The minimum absolute atomic E-state index is 0.525. The molecule has 2 aromatic heterocycles. The lowest BCUT2D eigenvalue weighted by molar-refractivity contribution is 1.17. The standard InChI is InChI=1S/C50H52N2P2/c1-29-21-33(5)45(34(6)22-29)41-15-13-16-42(46-35(7)23-30(2)24-36(46)8)49(41)51-19-20-53-52(54(51)53)50-43(47-37(9)25-31(3)26-38(47)10)17-14-18-44(50)48-39(11)27-32(4)28-40(48)12/h13-28H,1-12H3. The Hall–Kier alpha value is -4.74. The first kappa shape index (κ1) is 36.2. The van der Waals surface area contributed by atoms with E-state index in [1.807, 2.05) is 0 Å². The van der Waals surface area contributed by atoms with Gasteiger partial charge in [-0.05, 0) is 150 Å². The van der Waals surface area contributed by atoms with E-state index < -0.39 is 14.5 Å². The van der Waals surface area contributed by atoms with Gasteiger partial charge in [-0.3, -0.25) is 8.42 Å². The normalized spacial score (nSPS) is 12.4. The third-order valence-corrected chi connectivity index (χ3v) is 17.3. The zero-order chi connectivity index (χ0) is 38.3. The number of para-hydroxylation sites is 2. The van der Waals surface area contributed by atoms with E-state index in [9.17, 15) is 0 Å². The number of benzene rings is 6. The van der Waals surface area contributed by atoms with Crippen LogP contribution in [0.2, 0.25) is 0 Å². The third-order valence-electron chi connectivity index (χ3n) is 11.3. The first-order chi connectivity index (χ1) is 25.7. The van der Waals surface area contributed by atoms with Crippen molar-refractivity contribution in [2.45, 2.75) is 83.1 Å². The van der Waals surface area contributed by atoms with Gasteiger partial charge in [0.05, 0.1) is 11.4 Å². The Morgan fingerprint density at radius 2 is 0.648 bits per heavy atom. The fourth-order valence-corrected chi connectivity index (χ4v) is 16.5. The molecule has 272 valence electrons. The summed E-state index contributed by atoms with van der Waals surface area (Å²) in [5.74, 6) is 2.54. The molecule has 8 rings (SSSR count). The SMILES string of the molecule is Cc1cc(C)c(-c2cccc(-c3c(C)cc(C)cc3C)c2-n2ccp3n(-c4c(-c5c(C)cc(C)cc5C)cccc4-c4c(C)cc(C)cc4C)p23)c(C)c1. The smallest absolute Gasteiger partial charge is 0.106 e. The molecule has 2 unspecified atom stereocenters. The van der Waals surface area contributed by atoms with Crippen molar-refractivity contribution >= 4 is 14.5 Å². The van der Waals surface area contributed by atoms with Crippen molar-refractivity contribution < 1.29 is 0 Å². The zero-order valence-electron chi connectivity index (χ0n) is 34.0. The molecule has 2 heterocycles. The Bertz CT molecular complexity index is 2550. The van der Waals surface area contributed by atoms with Crippen LogP contribution in [-0.4, -0.2) is 8.42 Å². The largest absolute Gasteiger partial charge is 0.285 e. The summed E-state index contributed by atoms with van der Waals surface area (Å²) in [5, 5.41) is 0. The van der Waals surface area contributed by atoms with E-state index in [1.54, 1.807) is 0 Å². The highest BCUT2D eigenvalue weighted by Crippen LogP contribution is 2.65. The van der Waals surface area contributed by atoms with Crippen molar-refractivity contribution in [3.05, 3.63) is 164 Å². The summed E-state index contributed by atoms with van der Waals surface area (Å²) in [6.45, 7) is 27.2. The van der Waals surface area contributed by atoms with Gasteiger partial charge in [-0.15, -0.1) is 0 Å². The van der Waals surface area contributed by atoms with Crippen LogP contribution in [0.15, 0.2) is 96.9 Å². The Kier molecular flexibility index (Phi) is 9.08. The molecule has 0 N–H and O–H groups in total. The molecule has 54 heavy (non-hydrogen) atoms. The van der Waals surface area contributed by atoms with Crippen LogP contribution in [0.4, 0.5) is 0 Å². The van der Waals surface area contributed by atoms with E-state index >= 15 is 0 Å². The van der Waals surface area contributed by atoms with Crippen LogP contribution in [0.5, 0.6) is 0 Å². The highest BCUT2D eigenvalue weighted by Gasteiger charge is 2.30. The van der Waals surface area contributed by atoms with Gasteiger partial charge in [-0.25, -0.2) is 0 Å². The molecular weight excluding hydrogens is 691 g/mol. The number of hydrogen-bond donors (Lipinski definition) is 0. The van der Waals surface area contributed by atoms with Gasteiger partial charge in [0.1, 0.15) is 7.33 Å². The molecule has 4 heteroatoms. The van der Waals surface area contributed by atoms with Crippen molar-refractivity contribution in [2.24, 2.45) is 0 Å². The van der Waals surface area contributed by atoms with Gasteiger partial charge in [-0.2, -0.15) is 0 Å². The maximum Gasteiger partial charge on any atom is 0.106 e. The van der Waals surface area contributed by atoms with Crippen LogP contribution < -0.4 is 0 Å². The molecule has 0 aliphatic heterocycles. The maximum atomic E-state index is 2.83. The summed E-state index contributed by atoms with van der Waals surface area (Å²) in [6, 6.07) is 32.9. The molecule has 0 aliphatic rings. The topological polar surface area (TPSA) is 9.86 Å². The quantitative estimate of drug-likeness (QED) is 0.161. The summed E-state index contributed by atoms with van der Waals surface area (Å²) in [4.78, 5) is 0. The van der Waals surface area contributed by atoms with Crippen LogP contribution >= 0.6 is 14.5 Å². The van der Waals surface area contributed by atoms with E-state index in [4.69, 9.17) is 0 Å². The summed E-state index contributed by atoms with van der Waals surface area (Å²) in [5.41, 5.74) is 29.4. The van der Waals surface area contributed by atoms with E-state index in [0.717, 1.165) is 0 Å². The summed E-state index contributed by atoms with van der Waals surface area (Å²) in [7, 11) is -1.21. The van der Waals surface area contributed by atoms with Gasteiger partial charge in [0.25, 0.3) is 0 Å². The van der Waals surface area contributed by atoms with E-state index in [1.165, 1.54) is 123 Å². The van der Waals surface area contributed by atoms with Crippen LogP contribution in [0.1, 0.15) is 66.8 Å². The average Bonchev–Trinajstić information content (AvgIpc) is 3.60. The first-order valence-corrected chi connectivity index (χ1v) is 22.5. The third kappa shape index (κ3) is 5.96. The molecule has 0 spiro atoms. The second-order valence-electron chi connectivity index (χ2n) is 16.0. The molecule has 6 aromatic carbocycles. The molecule has 0 saturated carbocycles. The molecule has 0 amide bonds. The van der Waals surface area contributed by atoms with Crippen molar-refractivity contribution in [3.63, 3.8) is 0 Å². The minimum atomic E-state index is -0.686. The van der Waals surface area contributed by atoms with Crippen LogP contribution in [0.25, 0.3) is 55.9 Å². The van der Waals surface area contributed by atoms with Gasteiger partial charge in [-0.1, -0.05) is 107 Å². The molecule has 2 nitrogen and oxygen atoms in total. The second kappa shape index (κ2) is 13.5. The van der Waals surface area contributed by atoms with Crippen molar-refractivity contribution in [2.75, 3.05) is 0 Å². The fraction of sp³-hybridized carbons (Fsp3) is 0.240. The van der Waals surface area contributed by atoms with Gasteiger partial charge in [0, 0.05) is 41.4 Å². The van der Waals surface area contributed by atoms with E-state index in [0.29, 0.717) is 0 Å². The van der Waals surface area contributed by atoms with Crippen molar-refractivity contribution in [1.29, 1.82) is 0 Å². The van der Waals surface area contributed by atoms with Crippen LogP contribution in [-0.2, 0) is 0 Å². The van der Waals surface area contributed by atoms with Crippen molar-refractivity contribution in [1.82, 2.24) is 8.42 Å². The second-order valence-corrected chi connectivity index (χ2v) is 21.3. The lowest BCUT2D eigenvalue weighted by atomic mass is 9.87. The predicted octanol–water partition coefficient (Wildman–Crippen LogP) is 15.4. The number of nitrogens with zero attached hydrogens (tertiary/aromatic N) is 2. The summed E-state index contributed by atoms with van der Waals surface area (Å²) < 4.78 is 5.53.